The predicted octanol–water partition coefficient (Wildman–Crippen LogP) is 7.25. The number of H-pyrrole nitrogens is 1. The lowest BCUT2D eigenvalue weighted by Gasteiger charge is -2.13. The van der Waals surface area contributed by atoms with Gasteiger partial charge in [0.2, 0.25) is 0 Å². The van der Waals surface area contributed by atoms with E-state index >= 15 is 0 Å². The summed E-state index contributed by atoms with van der Waals surface area (Å²) in [5.74, 6) is 0. The zero-order chi connectivity index (χ0) is 25.0. The number of aryl methyl sites for hydroxylation is 2. The van der Waals surface area contributed by atoms with Crippen LogP contribution < -0.4 is 5.56 Å². The minimum Gasteiger partial charge on any atom is -0.316 e. The average molecular weight is 533 g/mol. The highest BCUT2D eigenvalue weighted by Gasteiger charge is 2.17. The molecule has 2 aromatic carbocycles. The number of nitrogens with zero attached hydrogens (tertiary/aromatic N) is 3. The average Bonchev–Trinajstić information content (AvgIpc) is 3.11. The Hall–Kier alpha value is -2.10. The quantitative estimate of drug-likeness (QED) is 0.275. The zero-order valence-corrected chi connectivity index (χ0v) is 23.2. The molecule has 2 aromatic heterocycles. The molecule has 9 heteroatoms. The molecule has 0 bridgehead atoms. The predicted molar refractivity (Wildman–Crippen MR) is 151 cm³/mol. The van der Waals surface area contributed by atoms with Gasteiger partial charge in [-0.3, -0.25) is 13.9 Å². The van der Waals surface area contributed by atoms with E-state index in [1.807, 2.05) is 36.6 Å². The lowest BCUT2D eigenvalue weighted by atomic mass is 10.1. The van der Waals surface area contributed by atoms with Crippen LogP contribution in [-0.4, -0.2) is 38.7 Å². The van der Waals surface area contributed by atoms with Crippen LogP contribution in [0.4, 0.5) is 0 Å². The van der Waals surface area contributed by atoms with Crippen LogP contribution >= 0.6 is 47.4 Å². The number of hydrogen-bond donors (Lipinski definition) is 1. The van der Waals surface area contributed by atoms with E-state index < -0.39 is 0 Å². The topological polar surface area (TPSA) is 46.0 Å². The molecule has 2 heterocycles. The first kappa shape index (κ1) is 26.5. The van der Waals surface area contributed by atoms with Gasteiger partial charge in [0, 0.05) is 5.02 Å². The molecular weight excluding hydrogens is 504 g/mol. The summed E-state index contributed by atoms with van der Waals surface area (Å²) in [4.78, 5) is 18.8. The van der Waals surface area contributed by atoms with E-state index in [0.29, 0.717) is 29.8 Å². The molecule has 0 radical (unpaired) electrons. The minimum atomic E-state index is -0.211. The zero-order valence-electron chi connectivity index (χ0n) is 20.0. The maximum atomic E-state index is 13.2. The first-order chi connectivity index (χ1) is 16.2. The van der Waals surface area contributed by atoms with E-state index in [9.17, 15) is 4.79 Å². The normalized spacial score (nSPS) is 11.0. The van der Waals surface area contributed by atoms with Crippen molar-refractivity contribution in [3.8, 4) is 11.4 Å². The molecule has 0 fully saturated rings. The van der Waals surface area contributed by atoms with E-state index in [1.165, 1.54) is 35.5 Å². The molecule has 0 saturated heterocycles. The second-order valence-corrected chi connectivity index (χ2v) is 10.3. The number of thiazole rings is 1. The Morgan fingerprint density at radius 3 is 2.09 bits per heavy atom. The molecule has 4 aromatic rings. The van der Waals surface area contributed by atoms with Crippen molar-refractivity contribution < 1.29 is 0 Å². The summed E-state index contributed by atoms with van der Waals surface area (Å²) < 4.78 is 4.76. The van der Waals surface area contributed by atoms with Crippen LogP contribution in [0.1, 0.15) is 31.9 Å². The molecule has 0 amide bonds. The van der Waals surface area contributed by atoms with E-state index in [4.69, 9.17) is 36.0 Å². The molecule has 0 aliphatic carbocycles. The number of halogens is 1. The molecule has 0 aliphatic rings. The van der Waals surface area contributed by atoms with Gasteiger partial charge in [0.15, 0.2) is 8.73 Å². The SMILES string of the molecule is CCN(CC)CC.Cc1cccc(C)c1-n1c(=S)sc2c(=O)n(-c3cccc(Cl)c3)c(=S)[nH]c21. The lowest BCUT2D eigenvalue weighted by molar-refractivity contribution is 0.321. The number of aromatic amines is 1. The van der Waals surface area contributed by atoms with Crippen molar-refractivity contribution in [2.45, 2.75) is 34.6 Å². The van der Waals surface area contributed by atoms with Crippen LogP contribution in [0, 0.1) is 22.6 Å². The Kier molecular flexibility index (Phi) is 9.01. The maximum absolute atomic E-state index is 13.2. The first-order valence-electron chi connectivity index (χ1n) is 11.2. The minimum absolute atomic E-state index is 0.211. The molecule has 180 valence electrons. The molecule has 1 N–H and O–H groups in total. The molecule has 0 atom stereocenters. The molecule has 34 heavy (non-hydrogen) atoms. The largest absolute Gasteiger partial charge is 0.316 e. The van der Waals surface area contributed by atoms with Gasteiger partial charge >= 0.3 is 0 Å². The van der Waals surface area contributed by atoms with Crippen molar-refractivity contribution in [3.63, 3.8) is 0 Å². The van der Waals surface area contributed by atoms with Crippen molar-refractivity contribution in [3.05, 3.63) is 77.7 Å². The van der Waals surface area contributed by atoms with Gasteiger partial charge < -0.3 is 9.88 Å². The molecule has 0 aliphatic heterocycles. The highest BCUT2D eigenvalue weighted by atomic mass is 35.5. The van der Waals surface area contributed by atoms with Crippen LogP contribution in [-0.2, 0) is 0 Å². The Morgan fingerprint density at radius 2 is 1.56 bits per heavy atom. The summed E-state index contributed by atoms with van der Waals surface area (Å²) in [5, 5.41) is 0.537. The fourth-order valence-electron chi connectivity index (χ4n) is 3.86. The van der Waals surface area contributed by atoms with Crippen LogP contribution in [0.15, 0.2) is 47.3 Å². The van der Waals surface area contributed by atoms with Crippen molar-refractivity contribution in [2.75, 3.05) is 19.6 Å². The van der Waals surface area contributed by atoms with E-state index in [1.54, 1.807) is 24.3 Å². The molecule has 0 unspecified atom stereocenters. The first-order valence-corrected chi connectivity index (χ1v) is 13.2. The van der Waals surface area contributed by atoms with Gasteiger partial charge in [-0.25, -0.2) is 0 Å². The highest BCUT2D eigenvalue weighted by Crippen LogP contribution is 2.27. The van der Waals surface area contributed by atoms with Crippen molar-refractivity contribution in [1.29, 1.82) is 0 Å². The molecule has 4 rings (SSSR count). The lowest BCUT2D eigenvalue weighted by Crippen LogP contribution is -2.21. The van der Waals surface area contributed by atoms with Gasteiger partial charge in [-0.1, -0.05) is 68.0 Å². The van der Waals surface area contributed by atoms with Gasteiger partial charge in [-0.15, -0.1) is 0 Å². The third kappa shape index (κ3) is 5.42. The molecule has 5 nitrogen and oxygen atoms in total. The summed E-state index contributed by atoms with van der Waals surface area (Å²) in [5.41, 5.74) is 4.15. The molecular formula is C25H29ClN4OS3. The van der Waals surface area contributed by atoms with Crippen molar-refractivity contribution in [1.82, 2.24) is 19.0 Å². The summed E-state index contributed by atoms with van der Waals surface area (Å²) >= 11 is 18.5. The van der Waals surface area contributed by atoms with Crippen LogP contribution in [0.5, 0.6) is 0 Å². The second-order valence-electron chi connectivity index (χ2n) is 7.79. The fraction of sp³-hybridized carbons (Fsp3) is 0.320. The van der Waals surface area contributed by atoms with Gasteiger partial charge in [-0.05, 0) is 87.2 Å². The number of hydrogen-bond acceptors (Lipinski definition) is 5. The number of benzene rings is 2. The number of para-hydroxylation sites is 1. The maximum Gasteiger partial charge on any atom is 0.278 e. The number of rotatable bonds is 5. The summed E-state index contributed by atoms with van der Waals surface area (Å²) in [7, 11) is 0. The number of aromatic nitrogens is 3. The van der Waals surface area contributed by atoms with Gasteiger partial charge in [0.1, 0.15) is 10.3 Å². The summed E-state index contributed by atoms with van der Waals surface area (Å²) in [6, 6.07) is 13.1. The molecule has 0 spiro atoms. The van der Waals surface area contributed by atoms with Crippen LogP contribution in [0.2, 0.25) is 5.02 Å². The van der Waals surface area contributed by atoms with E-state index in [0.717, 1.165) is 16.8 Å². The standard InChI is InChI=1S/C19H14ClN3OS3.C6H15N/c1-10-5-3-6-11(2)14(10)23-16-15(27-19(23)26)17(24)22(18(25)21-16)13-8-4-7-12(20)9-13;1-4-7(5-2)6-3/h3-9H,1-2H3,(H,21,25);4-6H2,1-3H3. The highest BCUT2D eigenvalue weighted by molar-refractivity contribution is 7.73. The van der Waals surface area contributed by atoms with Gasteiger partial charge in [0.05, 0.1) is 11.4 Å². The third-order valence-electron chi connectivity index (χ3n) is 5.71. The van der Waals surface area contributed by atoms with Crippen LogP contribution in [0.3, 0.4) is 0 Å². The van der Waals surface area contributed by atoms with Crippen LogP contribution in [0.25, 0.3) is 21.7 Å². The molecule has 0 saturated carbocycles. The Balaban J connectivity index is 0.000000406. The Morgan fingerprint density at radius 1 is 0.971 bits per heavy atom. The van der Waals surface area contributed by atoms with Gasteiger partial charge in [-0.2, -0.15) is 0 Å². The van der Waals surface area contributed by atoms with Gasteiger partial charge in [0.25, 0.3) is 5.56 Å². The van der Waals surface area contributed by atoms with Crippen molar-refractivity contribution in [2.24, 2.45) is 0 Å². The van der Waals surface area contributed by atoms with E-state index in [-0.39, 0.29) is 5.56 Å². The van der Waals surface area contributed by atoms with E-state index in [2.05, 4.69) is 30.7 Å². The van der Waals surface area contributed by atoms with Crippen molar-refractivity contribution >= 4 is 57.7 Å². The Bertz CT molecular complexity index is 1450. The Labute approximate surface area is 219 Å². The number of fused-ring (bicyclic) bond motifs is 1. The third-order valence-corrected chi connectivity index (χ3v) is 7.59. The monoisotopic (exact) mass is 532 g/mol. The summed E-state index contributed by atoms with van der Waals surface area (Å²) in [6.45, 7) is 14.2. The fourth-order valence-corrected chi connectivity index (χ4v) is 5.63. The second kappa shape index (κ2) is 11.6. The smallest absolute Gasteiger partial charge is 0.278 e. The summed E-state index contributed by atoms with van der Waals surface area (Å²) in [6.07, 6.45) is 0. The number of nitrogens with one attached hydrogen (secondary N) is 1.